The van der Waals surface area contributed by atoms with Crippen molar-refractivity contribution in [2.24, 2.45) is 0 Å². The maximum atomic E-state index is 12.7. The van der Waals surface area contributed by atoms with Crippen LogP contribution in [0.5, 0.6) is 0 Å². The molecule has 27 heavy (non-hydrogen) atoms. The van der Waals surface area contributed by atoms with Crippen LogP contribution in [0.25, 0.3) is 10.7 Å². The number of alkyl halides is 3. The average Bonchev–Trinajstić information content (AvgIpc) is 3.04. The summed E-state index contributed by atoms with van der Waals surface area (Å²) in [5, 5.41) is 13.2. The number of urea groups is 1. The van der Waals surface area contributed by atoms with Gasteiger partial charge in [-0.25, -0.2) is 4.79 Å². The molecule has 0 aliphatic rings. The van der Waals surface area contributed by atoms with E-state index in [2.05, 4.69) is 25.8 Å². The van der Waals surface area contributed by atoms with Crippen LogP contribution in [-0.2, 0) is 6.18 Å². The SMILES string of the molecule is O=C(Nc1ccc(Cl)cc1)Nc1nnc(-c2ncc(C(F)(F)F)cc2Cl)s1. The van der Waals surface area contributed by atoms with Crippen molar-refractivity contribution in [2.75, 3.05) is 10.6 Å². The lowest BCUT2D eigenvalue weighted by Crippen LogP contribution is -2.19. The smallest absolute Gasteiger partial charge is 0.308 e. The third-order valence-corrected chi connectivity index (χ3v) is 4.50. The Balaban J connectivity index is 1.71. The van der Waals surface area contributed by atoms with E-state index in [0.717, 1.165) is 17.4 Å². The molecule has 0 radical (unpaired) electrons. The highest BCUT2D eigenvalue weighted by molar-refractivity contribution is 7.18. The maximum Gasteiger partial charge on any atom is 0.417 e. The summed E-state index contributed by atoms with van der Waals surface area (Å²) in [5.74, 6) is 0. The van der Waals surface area contributed by atoms with E-state index in [-0.39, 0.29) is 20.9 Å². The molecule has 0 aliphatic carbocycles. The van der Waals surface area contributed by atoms with Gasteiger partial charge in [0.2, 0.25) is 5.13 Å². The highest BCUT2D eigenvalue weighted by Gasteiger charge is 2.32. The number of benzene rings is 1. The average molecular weight is 434 g/mol. The highest BCUT2D eigenvalue weighted by Crippen LogP contribution is 2.35. The topological polar surface area (TPSA) is 79.8 Å². The van der Waals surface area contributed by atoms with E-state index in [0.29, 0.717) is 16.9 Å². The van der Waals surface area contributed by atoms with Crippen LogP contribution >= 0.6 is 34.5 Å². The second-order valence-corrected chi connectivity index (χ2v) is 6.87. The molecule has 2 amide bonds. The lowest BCUT2D eigenvalue weighted by molar-refractivity contribution is -0.137. The van der Waals surface area contributed by atoms with Crippen molar-refractivity contribution < 1.29 is 18.0 Å². The summed E-state index contributed by atoms with van der Waals surface area (Å²) < 4.78 is 38.0. The first-order valence-corrected chi connectivity index (χ1v) is 8.70. The van der Waals surface area contributed by atoms with Crippen molar-refractivity contribution in [2.45, 2.75) is 6.18 Å². The number of halogens is 5. The van der Waals surface area contributed by atoms with Crippen molar-refractivity contribution >= 4 is 51.4 Å². The number of carbonyl (C=O) groups is 1. The number of carbonyl (C=O) groups excluding carboxylic acids is 1. The van der Waals surface area contributed by atoms with Gasteiger partial charge < -0.3 is 5.32 Å². The number of aromatic nitrogens is 3. The molecule has 2 aromatic heterocycles. The maximum absolute atomic E-state index is 12.7. The number of anilines is 2. The lowest BCUT2D eigenvalue weighted by Gasteiger charge is -2.07. The molecule has 0 unspecified atom stereocenters. The Morgan fingerprint density at radius 2 is 1.78 bits per heavy atom. The van der Waals surface area contributed by atoms with Crippen LogP contribution in [0.4, 0.5) is 28.8 Å². The largest absolute Gasteiger partial charge is 0.417 e. The van der Waals surface area contributed by atoms with Gasteiger partial charge in [-0.05, 0) is 30.3 Å². The number of nitrogens with one attached hydrogen (secondary N) is 2. The number of nitrogens with zero attached hydrogens (tertiary/aromatic N) is 3. The Morgan fingerprint density at radius 3 is 2.41 bits per heavy atom. The van der Waals surface area contributed by atoms with Crippen LogP contribution in [-0.4, -0.2) is 21.2 Å². The predicted octanol–water partition coefficient (Wildman–Crippen LogP) is 5.57. The van der Waals surface area contributed by atoms with Crippen LogP contribution in [0.3, 0.4) is 0 Å². The molecule has 1 aromatic carbocycles. The Labute approximate surface area is 164 Å². The van der Waals surface area contributed by atoms with Crippen molar-refractivity contribution in [3.8, 4) is 10.7 Å². The molecule has 0 aliphatic heterocycles. The highest BCUT2D eigenvalue weighted by atomic mass is 35.5. The van der Waals surface area contributed by atoms with Crippen LogP contribution in [0.2, 0.25) is 10.0 Å². The minimum absolute atomic E-state index is 0.0355. The molecular formula is C15H8Cl2F3N5OS. The van der Waals surface area contributed by atoms with Crippen molar-refractivity contribution in [1.29, 1.82) is 0 Å². The van der Waals surface area contributed by atoms with Crippen LogP contribution in [0.1, 0.15) is 5.56 Å². The van der Waals surface area contributed by atoms with Gasteiger partial charge in [0.25, 0.3) is 0 Å². The second-order valence-electron chi connectivity index (χ2n) is 5.05. The number of rotatable bonds is 3. The standard InChI is InChI=1S/C15H8Cl2F3N5OS/c16-8-1-3-9(4-2-8)22-13(26)23-14-25-24-12(27-14)11-10(17)5-7(6-21-11)15(18,19)20/h1-6H,(H2,22,23,25,26). The summed E-state index contributed by atoms with van der Waals surface area (Å²) in [5.41, 5.74) is -0.427. The van der Waals surface area contributed by atoms with E-state index in [1.807, 2.05) is 0 Å². The van der Waals surface area contributed by atoms with E-state index >= 15 is 0 Å². The van der Waals surface area contributed by atoms with E-state index in [1.54, 1.807) is 24.3 Å². The van der Waals surface area contributed by atoms with Gasteiger partial charge in [0.05, 0.1) is 10.6 Å². The molecule has 2 N–H and O–H groups in total. The fraction of sp³-hybridized carbons (Fsp3) is 0.0667. The van der Waals surface area contributed by atoms with Gasteiger partial charge >= 0.3 is 12.2 Å². The first-order valence-electron chi connectivity index (χ1n) is 7.12. The third-order valence-electron chi connectivity index (χ3n) is 3.12. The molecule has 3 aromatic rings. The zero-order chi connectivity index (χ0) is 19.6. The first-order chi connectivity index (χ1) is 12.7. The fourth-order valence-corrected chi connectivity index (χ4v) is 3.10. The minimum Gasteiger partial charge on any atom is -0.308 e. The predicted molar refractivity (Wildman–Crippen MR) is 97.2 cm³/mol. The van der Waals surface area contributed by atoms with Gasteiger partial charge in [0.15, 0.2) is 5.01 Å². The summed E-state index contributed by atoms with van der Waals surface area (Å²) in [4.78, 5) is 15.7. The van der Waals surface area contributed by atoms with E-state index in [4.69, 9.17) is 23.2 Å². The molecule has 3 rings (SSSR count). The molecule has 0 spiro atoms. The fourth-order valence-electron chi connectivity index (χ4n) is 1.91. The van der Waals surface area contributed by atoms with Crippen molar-refractivity contribution in [3.05, 3.63) is 52.1 Å². The van der Waals surface area contributed by atoms with Gasteiger partial charge in [0, 0.05) is 16.9 Å². The molecule has 6 nitrogen and oxygen atoms in total. The normalized spacial score (nSPS) is 11.3. The quantitative estimate of drug-likeness (QED) is 0.565. The molecule has 0 atom stereocenters. The molecule has 0 saturated carbocycles. The Kier molecular flexibility index (Phi) is 5.49. The molecule has 0 bridgehead atoms. The number of amides is 2. The Bertz CT molecular complexity index is 978. The van der Waals surface area contributed by atoms with Crippen LogP contribution < -0.4 is 10.6 Å². The van der Waals surface area contributed by atoms with Crippen molar-refractivity contribution in [1.82, 2.24) is 15.2 Å². The molecule has 2 heterocycles. The van der Waals surface area contributed by atoms with Crippen molar-refractivity contribution in [3.63, 3.8) is 0 Å². The Morgan fingerprint density at radius 1 is 1.07 bits per heavy atom. The van der Waals surface area contributed by atoms with Gasteiger partial charge in [-0.1, -0.05) is 34.5 Å². The van der Waals surface area contributed by atoms with Gasteiger partial charge in [0.1, 0.15) is 5.69 Å². The summed E-state index contributed by atoms with van der Waals surface area (Å²) in [6, 6.07) is 6.62. The molecule has 0 saturated heterocycles. The second kappa shape index (κ2) is 7.67. The lowest BCUT2D eigenvalue weighted by atomic mass is 10.2. The van der Waals surface area contributed by atoms with Gasteiger partial charge in [-0.3, -0.25) is 10.3 Å². The van der Waals surface area contributed by atoms with E-state index < -0.39 is 17.8 Å². The van der Waals surface area contributed by atoms with E-state index in [9.17, 15) is 18.0 Å². The monoisotopic (exact) mass is 433 g/mol. The number of hydrogen-bond donors (Lipinski definition) is 2. The number of pyridine rings is 1. The summed E-state index contributed by atoms with van der Waals surface area (Å²) in [7, 11) is 0. The molecule has 0 fully saturated rings. The zero-order valence-electron chi connectivity index (χ0n) is 13.0. The first kappa shape index (κ1) is 19.3. The summed E-state index contributed by atoms with van der Waals surface area (Å²) in [6.07, 6.45) is -3.90. The third kappa shape index (κ3) is 4.85. The Hall–Kier alpha value is -2.43. The van der Waals surface area contributed by atoms with Crippen LogP contribution in [0, 0.1) is 0 Å². The van der Waals surface area contributed by atoms with Gasteiger partial charge in [-0.2, -0.15) is 13.2 Å². The van der Waals surface area contributed by atoms with Crippen LogP contribution in [0.15, 0.2) is 36.5 Å². The zero-order valence-corrected chi connectivity index (χ0v) is 15.3. The minimum atomic E-state index is -4.55. The molecule has 140 valence electrons. The molecule has 12 heteroatoms. The number of hydrogen-bond acceptors (Lipinski definition) is 5. The molecular weight excluding hydrogens is 426 g/mol. The van der Waals surface area contributed by atoms with E-state index in [1.165, 1.54) is 0 Å². The van der Waals surface area contributed by atoms with Gasteiger partial charge in [-0.15, -0.1) is 10.2 Å². The summed E-state index contributed by atoms with van der Waals surface area (Å²) >= 11 is 12.5. The summed E-state index contributed by atoms with van der Waals surface area (Å²) in [6.45, 7) is 0.